The molecule has 1 saturated heterocycles. The highest BCUT2D eigenvalue weighted by molar-refractivity contribution is 7.89. The van der Waals surface area contributed by atoms with Crippen LogP contribution in [0.15, 0.2) is 53.4 Å². The first-order valence-corrected chi connectivity index (χ1v) is 11.6. The fraction of sp³-hybridized carbons (Fsp3) is 0.409. The van der Waals surface area contributed by atoms with Crippen LogP contribution in [-0.4, -0.2) is 55.8 Å². The van der Waals surface area contributed by atoms with Gasteiger partial charge in [0.15, 0.2) is 0 Å². The van der Waals surface area contributed by atoms with Gasteiger partial charge in [0, 0.05) is 31.9 Å². The summed E-state index contributed by atoms with van der Waals surface area (Å²) >= 11 is 0. The van der Waals surface area contributed by atoms with Gasteiger partial charge in [0.2, 0.25) is 15.9 Å². The summed E-state index contributed by atoms with van der Waals surface area (Å²) in [4.78, 5) is 15.0. The van der Waals surface area contributed by atoms with Crippen molar-refractivity contribution in [2.75, 3.05) is 31.5 Å². The summed E-state index contributed by atoms with van der Waals surface area (Å²) in [6, 6.07) is 14.6. The summed E-state index contributed by atoms with van der Waals surface area (Å²) in [5.41, 5.74) is 3.20. The Morgan fingerprint density at radius 3 is 2.38 bits per heavy atom. The minimum atomic E-state index is -3.50. The van der Waals surface area contributed by atoms with Crippen molar-refractivity contribution in [2.45, 2.75) is 37.1 Å². The Labute approximate surface area is 172 Å². The van der Waals surface area contributed by atoms with E-state index in [-0.39, 0.29) is 11.9 Å². The Balaban J connectivity index is 1.38. The van der Waals surface area contributed by atoms with Gasteiger partial charge in [-0.05, 0) is 61.6 Å². The number of para-hydroxylation sites is 1. The number of hydrogen-bond acceptors (Lipinski definition) is 4. The molecule has 4 rings (SSSR count). The monoisotopic (exact) mass is 413 g/mol. The molecule has 29 heavy (non-hydrogen) atoms. The lowest BCUT2D eigenvalue weighted by Crippen LogP contribution is -2.53. The summed E-state index contributed by atoms with van der Waals surface area (Å²) in [7, 11) is -3.50. The van der Waals surface area contributed by atoms with Crippen molar-refractivity contribution in [1.82, 2.24) is 9.21 Å². The molecule has 6 nitrogen and oxygen atoms in total. The quantitative estimate of drug-likeness (QED) is 0.818. The number of carbonyl (C=O) groups is 1. The first-order chi connectivity index (χ1) is 13.9. The molecule has 1 amide bonds. The molecule has 154 valence electrons. The lowest BCUT2D eigenvalue weighted by molar-refractivity contribution is -0.121. The van der Waals surface area contributed by atoms with Gasteiger partial charge in [0.1, 0.15) is 0 Å². The van der Waals surface area contributed by atoms with Crippen LogP contribution in [0.5, 0.6) is 0 Å². The van der Waals surface area contributed by atoms with Crippen LogP contribution in [0.25, 0.3) is 0 Å². The van der Waals surface area contributed by atoms with Crippen molar-refractivity contribution < 1.29 is 13.2 Å². The minimum absolute atomic E-state index is 0.0777. The van der Waals surface area contributed by atoms with Crippen LogP contribution in [0.1, 0.15) is 24.5 Å². The summed E-state index contributed by atoms with van der Waals surface area (Å²) in [6.45, 7) is 3.72. The third-order valence-corrected chi connectivity index (χ3v) is 7.84. The SMILES string of the molecule is CC(C(=O)Nc1ccccc1)N1CCN(S(=O)(=O)c2ccc3c(c2)CCC3)CC1. The molecule has 1 aliphatic heterocycles. The van der Waals surface area contributed by atoms with Crippen molar-refractivity contribution >= 4 is 21.6 Å². The lowest BCUT2D eigenvalue weighted by Gasteiger charge is -2.36. The largest absolute Gasteiger partial charge is 0.325 e. The lowest BCUT2D eigenvalue weighted by atomic mass is 10.1. The van der Waals surface area contributed by atoms with Crippen LogP contribution in [0.2, 0.25) is 0 Å². The smallest absolute Gasteiger partial charge is 0.243 e. The van der Waals surface area contributed by atoms with E-state index in [1.807, 2.05) is 54.3 Å². The number of rotatable bonds is 5. The van der Waals surface area contributed by atoms with E-state index in [1.165, 1.54) is 5.56 Å². The van der Waals surface area contributed by atoms with Crippen LogP contribution in [0.3, 0.4) is 0 Å². The Bertz CT molecular complexity index is 984. The molecule has 1 N–H and O–H groups in total. The van der Waals surface area contributed by atoms with Crippen molar-refractivity contribution in [2.24, 2.45) is 0 Å². The zero-order valence-electron chi connectivity index (χ0n) is 16.7. The van der Waals surface area contributed by atoms with Gasteiger partial charge >= 0.3 is 0 Å². The third kappa shape index (κ3) is 4.22. The summed E-state index contributed by atoms with van der Waals surface area (Å²) in [5, 5.41) is 2.92. The van der Waals surface area contributed by atoms with Gasteiger partial charge < -0.3 is 5.32 Å². The van der Waals surface area contributed by atoms with E-state index in [4.69, 9.17) is 0 Å². The van der Waals surface area contributed by atoms with Crippen molar-refractivity contribution in [3.63, 3.8) is 0 Å². The molecular weight excluding hydrogens is 386 g/mol. The van der Waals surface area contributed by atoms with Gasteiger partial charge in [-0.3, -0.25) is 9.69 Å². The number of benzene rings is 2. The summed E-state index contributed by atoms with van der Waals surface area (Å²) in [6.07, 6.45) is 3.10. The first-order valence-electron chi connectivity index (χ1n) is 10.2. The average molecular weight is 414 g/mol. The predicted molar refractivity (Wildman–Crippen MR) is 113 cm³/mol. The Hall–Kier alpha value is -2.22. The van der Waals surface area contributed by atoms with Gasteiger partial charge in [-0.2, -0.15) is 4.31 Å². The second kappa shape index (κ2) is 8.26. The van der Waals surface area contributed by atoms with Crippen molar-refractivity contribution in [3.05, 3.63) is 59.7 Å². The second-order valence-corrected chi connectivity index (χ2v) is 9.69. The number of nitrogens with zero attached hydrogens (tertiary/aromatic N) is 2. The fourth-order valence-electron chi connectivity index (χ4n) is 4.12. The number of amides is 1. The zero-order valence-corrected chi connectivity index (χ0v) is 17.5. The molecular formula is C22H27N3O3S. The third-order valence-electron chi connectivity index (χ3n) is 5.95. The molecule has 2 aromatic carbocycles. The number of aryl methyl sites for hydroxylation is 2. The first kappa shape index (κ1) is 20.1. The molecule has 0 bridgehead atoms. The van der Waals surface area contributed by atoms with Crippen LogP contribution in [0.4, 0.5) is 5.69 Å². The van der Waals surface area contributed by atoms with E-state index < -0.39 is 10.0 Å². The molecule has 1 aliphatic carbocycles. The van der Waals surface area contributed by atoms with Gasteiger partial charge in [0.05, 0.1) is 10.9 Å². The summed E-state index contributed by atoms with van der Waals surface area (Å²) < 4.78 is 27.7. The molecule has 0 aromatic heterocycles. The normalized spacial score (nSPS) is 18.9. The number of hydrogen-bond donors (Lipinski definition) is 1. The van der Waals surface area contributed by atoms with Crippen LogP contribution < -0.4 is 5.32 Å². The molecule has 1 unspecified atom stereocenters. The molecule has 0 radical (unpaired) electrons. The Morgan fingerprint density at radius 1 is 0.966 bits per heavy atom. The molecule has 2 aromatic rings. The topological polar surface area (TPSA) is 69.7 Å². The maximum atomic E-state index is 13.1. The van der Waals surface area contributed by atoms with Gasteiger partial charge in [-0.15, -0.1) is 0 Å². The number of carbonyl (C=O) groups excluding carboxylic acids is 1. The predicted octanol–water partition coefficient (Wildman–Crippen LogP) is 2.51. The molecule has 1 heterocycles. The van der Waals surface area contributed by atoms with Gasteiger partial charge in [0.25, 0.3) is 0 Å². The Kier molecular flexibility index (Phi) is 5.72. The molecule has 1 atom stereocenters. The second-order valence-electron chi connectivity index (χ2n) is 7.76. The molecule has 0 spiro atoms. The van der Waals surface area contributed by atoms with E-state index in [0.717, 1.165) is 30.5 Å². The maximum absolute atomic E-state index is 13.1. The number of piperazine rings is 1. The summed E-state index contributed by atoms with van der Waals surface area (Å²) in [5.74, 6) is -0.0777. The Morgan fingerprint density at radius 2 is 1.66 bits per heavy atom. The maximum Gasteiger partial charge on any atom is 0.243 e. The van der Waals surface area contributed by atoms with Crippen LogP contribution in [-0.2, 0) is 27.7 Å². The minimum Gasteiger partial charge on any atom is -0.325 e. The average Bonchev–Trinajstić information content (AvgIpc) is 3.22. The molecule has 1 fully saturated rings. The number of sulfonamides is 1. The van der Waals surface area contributed by atoms with Crippen molar-refractivity contribution in [3.8, 4) is 0 Å². The van der Waals surface area contributed by atoms with E-state index in [2.05, 4.69) is 5.32 Å². The standard InChI is InChI=1S/C22H27N3O3S/c1-17(22(26)23-20-8-3-2-4-9-20)24-12-14-25(15-13-24)29(27,28)21-11-10-18-6-5-7-19(18)16-21/h2-4,8-11,16-17H,5-7,12-15H2,1H3,(H,23,26). The van der Waals surface area contributed by atoms with Crippen LogP contribution >= 0.6 is 0 Å². The van der Waals surface area contributed by atoms with Gasteiger partial charge in [-0.25, -0.2) is 8.42 Å². The van der Waals surface area contributed by atoms with E-state index >= 15 is 0 Å². The fourth-order valence-corrected chi connectivity index (χ4v) is 5.60. The highest BCUT2D eigenvalue weighted by atomic mass is 32.2. The van der Waals surface area contributed by atoms with E-state index in [1.54, 1.807) is 10.4 Å². The van der Waals surface area contributed by atoms with Crippen molar-refractivity contribution in [1.29, 1.82) is 0 Å². The number of nitrogens with one attached hydrogen (secondary N) is 1. The number of fused-ring (bicyclic) bond motifs is 1. The highest BCUT2D eigenvalue weighted by Gasteiger charge is 2.32. The molecule has 7 heteroatoms. The van der Waals surface area contributed by atoms with E-state index in [9.17, 15) is 13.2 Å². The van der Waals surface area contributed by atoms with E-state index in [0.29, 0.717) is 31.1 Å². The molecule has 0 saturated carbocycles. The van der Waals surface area contributed by atoms with Gasteiger partial charge in [-0.1, -0.05) is 24.3 Å². The highest BCUT2D eigenvalue weighted by Crippen LogP contribution is 2.27. The molecule has 2 aliphatic rings. The number of anilines is 1. The zero-order chi connectivity index (χ0) is 20.4. The van der Waals surface area contributed by atoms with Crippen LogP contribution in [0, 0.1) is 0 Å².